The van der Waals surface area contributed by atoms with Crippen LogP contribution in [0.15, 0.2) is 24.3 Å². The van der Waals surface area contributed by atoms with Crippen LogP contribution < -0.4 is 5.32 Å². The van der Waals surface area contributed by atoms with Gasteiger partial charge in [-0.15, -0.1) is 0 Å². The van der Waals surface area contributed by atoms with Crippen LogP contribution in [0.2, 0.25) is 0 Å². The van der Waals surface area contributed by atoms with E-state index in [2.05, 4.69) is 17.4 Å². The molecule has 3 unspecified atom stereocenters. The summed E-state index contributed by atoms with van der Waals surface area (Å²) in [5.74, 6) is -0.770. The highest BCUT2D eigenvalue weighted by Gasteiger charge is 2.45. The Labute approximate surface area is 117 Å². The third-order valence-electron chi connectivity index (χ3n) is 4.77. The number of nitrogens with one attached hydrogen (secondary N) is 1. The highest BCUT2D eigenvalue weighted by molar-refractivity contribution is 5.40. The Hall–Kier alpha value is -1.03. The molecule has 20 heavy (non-hydrogen) atoms. The Morgan fingerprint density at radius 2 is 1.85 bits per heavy atom. The van der Waals surface area contributed by atoms with Crippen LogP contribution in [0.1, 0.15) is 42.7 Å². The van der Waals surface area contributed by atoms with Gasteiger partial charge in [0.05, 0.1) is 5.92 Å². The van der Waals surface area contributed by atoms with Crippen molar-refractivity contribution in [2.24, 2.45) is 5.92 Å². The lowest BCUT2D eigenvalue weighted by Gasteiger charge is -2.37. The quantitative estimate of drug-likeness (QED) is 0.883. The lowest BCUT2D eigenvalue weighted by molar-refractivity contribution is -0.188. The molecule has 110 valence electrons. The highest BCUT2D eigenvalue weighted by atomic mass is 19.4. The van der Waals surface area contributed by atoms with Crippen molar-refractivity contribution in [2.75, 3.05) is 6.54 Å². The zero-order valence-corrected chi connectivity index (χ0v) is 11.4. The summed E-state index contributed by atoms with van der Waals surface area (Å²) >= 11 is 0. The lowest BCUT2D eigenvalue weighted by Crippen LogP contribution is -2.47. The summed E-state index contributed by atoms with van der Waals surface area (Å²) in [7, 11) is 0. The average molecular weight is 283 g/mol. The Morgan fingerprint density at radius 3 is 2.60 bits per heavy atom. The molecular weight excluding hydrogens is 263 g/mol. The van der Waals surface area contributed by atoms with Crippen LogP contribution in [0.3, 0.4) is 0 Å². The van der Waals surface area contributed by atoms with Gasteiger partial charge in [0.1, 0.15) is 0 Å². The highest BCUT2D eigenvalue weighted by Crippen LogP contribution is 2.39. The van der Waals surface area contributed by atoms with Crippen molar-refractivity contribution < 1.29 is 13.2 Å². The number of hydrogen-bond acceptors (Lipinski definition) is 1. The topological polar surface area (TPSA) is 12.0 Å². The van der Waals surface area contributed by atoms with Gasteiger partial charge >= 0.3 is 6.18 Å². The molecule has 3 atom stereocenters. The SMILES string of the molecule is FC(F)(F)C1CCCCC1NCC1Cc2ccccc21. The Bertz CT molecular complexity index is 469. The average Bonchev–Trinajstić information content (AvgIpc) is 2.39. The molecule has 0 spiro atoms. The molecule has 0 radical (unpaired) electrons. The van der Waals surface area contributed by atoms with E-state index in [-0.39, 0.29) is 6.42 Å². The van der Waals surface area contributed by atoms with Gasteiger partial charge in [0, 0.05) is 18.5 Å². The van der Waals surface area contributed by atoms with E-state index in [1.54, 1.807) is 0 Å². The van der Waals surface area contributed by atoms with Gasteiger partial charge in [0.2, 0.25) is 0 Å². The summed E-state index contributed by atoms with van der Waals surface area (Å²) < 4.78 is 39.0. The molecule has 2 aliphatic carbocycles. The van der Waals surface area contributed by atoms with Gasteiger partial charge in [-0.2, -0.15) is 13.2 Å². The molecule has 0 heterocycles. The van der Waals surface area contributed by atoms with E-state index in [4.69, 9.17) is 0 Å². The monoisotopic (exact) mass is 283 g/mol. The largest absolute Gasteiger partial charge is 0.393 e. The van der Waals surface area contributed by atoms with E-state index >= 15 is 0 Å². The molecule has 0 saturated heterocycles. The number of rotatable bonds is 3. The molecule has 0 amide bonds. The Balaban J connectivity index is 1.58. The van der Waals surface area contributed by atoms with E-state index in [0.29, 0.717) is 25.3 Å². The van der Waals surface area contributed by atoms with Gasteiger partial charge in [0.25, 0.3) is 0 Å². The minimum absolute atomic E-state index is 0.280. The number of benzene rings is 1. The van der Waals surface area contributed by atoms with Crippen LogP contribution >= 0.6 is 0 Å². The van der Waals surface area contributed by atoms with E-state index in [1.165, 1.54) is 11.1 Å². The van der Waals surface area contributed by atoms with Crippen molar-refractivity contribution in [3.05, 3.63) is 35.4 Å². The van der Waals surface area contributed by atoms with Gasteiger partial charge in [-0.05, 0) is 30.4 Å². The van der Waals surface area contributed by atoms with Crippen molar-refractivity contribution in [3.8, 4) is 0 Å². The predicted molar refractivity (Wildman–Crippen MR) is 72.7 cm³/mol. The Morgan fingerprint density at radius 1 is 1.10 bits per heavy atom. The summed E-state index contributed by atoms with van der Waals surface area (Å²) in [4.78, 5) is 0. The van der Waals surface area contributed by atoms with Crippen LogP contribution in [0.25, 0.3) is 0 Å². The molecule has 1 saturated carbocycles. The molecule has 3 rings (SSSR count). The smallest absolute Gasteiger partial charge is 0.313 e. The van der Waals surface area contributed by atoms with Crippen LogP contribution in [-0.2, 0) is 6.42 Å². The maximum Gasteiger partial charge on any atom is 0.393 e. The van der Waals surface area contributed by atoms with Crippen LogP contribution in [0.5, 0.6) is 0 Å². The van der Waals surface area contributed by atoms with Gasteiger partial charge in [-0.1, -0.05) is 37.1 Å². The maximum atomic E-state index is 13.0. The zero-order chi connectivity index (χ0) is 14.2. The van der Waals surface area contributed by atoms with E-state index in [1.807, 2.05) is 12.1 Å². The first-order chi connectivity index (χ1) is 9.55. The van der Waals surface area contributed by atoms with E-state index < -0.39 is 18.1 Å². The zero-order valence-electron chi connectivity index (χ0n) is 11.4. The fourth-order valence-corrected chi connectivity index (χ4v) is 3.61. The first-order valence-electron chi connectivity index (χ1n) is 7.43. The number of halogens is 3. The van der Waals surface area contributed by atoms with Crippen molar-refractivity contribution >= 4 is 0 Å². The Kier molecular flexibility index (Phi) is 3.76. The molecular formula is C16H20F3N. The van der Waals surface area contributed by atoms with Gasteiger partial charge < -0.3 is 5.32 Å². The normalized spacial score (nSPS) is 29.6. The molecule has 0 aromatic heterocycles. The summed E-state index contributed by atoms with van der Waals surface area (Å²) in [5.41, 5.74) is 2.65. The summed E-state index contributed by atoms with van der Waals surface area (Å²) in [6.07, 6.45) is -0.525. The summed E-state index contributed by atoms with van der Waals surface area (Å²) in [6.45, 7) is 0.675. The molecule has 0 bridgehead atoms. The second-order valence-corrected chi connectivity index (χ2v) is 6.05. The number of fused-ring (bicyclic) bond motifs is 1. The van der Waals surface area contributed by atoms with Crippen LogP contribution in [0, 0.1) is 5.92 Å². The second kappa shape index (κ2) is 5.40. The fraction of sp³-hybridized carbons (Fsp3) is 0.625. The number of alkyl halides is 3. The molecule has 1 N–H and O–H groups in total. The molecule has 2 aliphatic rings. The first-order valence-corrected chi connectivity index (χ1v) is 7.43. The molecule has 0 aliphatic heterocycles. The van der Waals surface area contributed by atoms with Crippen molar-refractivity contribution in [2.45, 2.75) is 50.2 Å². The van der Waals surface area contributed by atoms with Crippen LogP contribution in [-0.4, -0.2) is 18.8 Å². The molecule has 1 nitrogen and oxygen atoms in total. The lowest BCUT2D eigenvalue weighted by atomic mass is 9.77. The molecule has 1 aromatic carbocycles. The molecule has 1 aromatic rings. The minimum atomic E-state index is -4.06. The predicted octanol–water partition coefficient (Wildman–Crippen LogP) is 4.04. The van der Waals surface area contributed by atoms with Crippen molar-refractivity contribution in [1.29, 1.82) is 0 Å². The van der Waals surface area contributed by atoms with Gasteiger partial charge in [-0.3, -0.25) is 0 Å². The third kappa shape index (κ3) is 2.71. The van der Waals surface area contributed by atoms with E-state index in [9.17, 15) is 13.2 Å². The summed E-state index contributed by atoms with van der Waals surface area (Å²) in [6, 6.07) is 7.82. The maximum absolute atomic E-state index is 13.0. The third-order valence-corrected chi connectivity index (χ3v) is 4.77. The van der Waals surface area contributed by atoms with Crippen molar-refractivity contribution in [1.82, 2.24) is 5.32 Å². The minimum Gasteiger partial charge on any atom is -0.313 e. The van der Waals surface area contributed by atoms with Gasteiger partial charge in [0.15, 0.2) is 0 Å². The van der Waals surface area contributed by atoms with Crippen LogP contribution in [0.4, 0.5) is 13.2 Å². The van der Waals surface area contributed by atoms with E-state index in [0.717, 1.165) is 12.8 Å². The molecule has 1 fully saturated rings. The van der Waals surface area contributed by atoms with Gasteiger partial charge in [-0.25, -0.2) is 0 Å². The second-order valence-electron chi connectivity index (χ2n) is 6.05. The standard InChI is InChI=1S/C16H20F3N/c17-16(18,19)14-7-3-4-8-15(14)20-10-12-9-11-5-1-2-6-13(11)12/h1-2,5-6,12,14-15,20H,3-4,7-10H2. The fourth-order valence-electron chi connectivity index (χ4n) is 3.61. The molecule has 4 heteroatoms. The number of hydrogen-bond donors (Lipinski definition) is 1. The summed E-state index contributed by atoms with van der Waals surface area (Å²) in [5, 5.41) is 3.20. The van der Waals surface area contributed by atoms with Crippen molar-refractivity contribution in [3.63, 3.8) is 0 Å². The first kappa shape index (κ1) is 13.9.